The van der Waals surface area contributed by atoms with Crippen molar-refractivity contribution >= 4 is 0 Å². The van der Waals surface area contributed by atoms with E-state index in [1.54, 1.807) is 0 Å². The number of hydrogen-bond acceptors (Lipinski definition) is 2. The SMILES string of the molecule is CC(C)C=C1C[C@H]2[C@@H]3CCc4cc(O)ccc4[C@H]3CC[C@]2(C)[C@@H]1O. The van der Waals surface area contributed by atoms with Crippen molar-refractivity contribution in [2.75, 3.05) is 0 Å². The zero-order valence-corrected chi connectivity index (χ0v) is 15.1. The first kappa shape index (κ1) is 16.2. The molecule has 4 rings (SSSR count). The fraction of sp³-hybridized carbons (Fsp3) is 0.636. The van der Waals surface area contributed by atoms with Crippen LogP contribution in [0.2, 0.25) is 0 Å². The number of benzene rings is 1. The van der Waals surface area contributed by atoms with Gasteiger partial charge in [-0.05, 0) is 84.6 Å². The van der Waals surface area contributed by atoms with Crippen LogP contribution in [0.3, 0.4) is 0 Å². The van der Waals surface area contributed by atoms with Crippen molar-refractivity contribution in [3.63, 3.8) is 0 Å². The normalized spacial score (nSPS) is 39.6. The Hall–Kier alpha value is -1.28. The van der Waals surface area contributed by atoms with E-state index < -0.39 is 0 Å². The molecule has 0 aliphatic heterocycles. The minimum Gasteiger partial charge on any atom is -0.508 e. The van der Waals surface area contributed by atoms with Gasteiger partial charge in [-0.3, -0.25) is 0 Å². The molecule has 0 saturated heterocycles. The van der Waals surface area contributed by atoms with E-state index in [2.05, 4.69) is 32.9 Å². The maximum absolute atomic E-state index is 11.0. The molecule has 0 amide bonds. The molecule has 0 bridgehead atoms. The molecule has 1 aromatic rings. The topological polar surface area (TPSA) is 40.5 Å². The zero-order valence-electron chi connectivity index (χ0n) is 15.1. The van der Waals surface area contributed by atoms with Gasteiger partial charge in [0.25, 0.3) is 0 Å². The molecule has 0 heterocycles. The Morgan fingerprint density at radius 2 is 2.04 bits per heavy atom. The quantitative estimate of drug-likeness (QED) is 0.728. The van der Waals surface area contributed by atoms with Gasteiger partial charge in [0.05, 0.1) is 6.10 Å². The Balaban J connectivity index is 1.69. The highest BCUT2D eigenvalue weighted by Gasteiger charge is 2.56. The van der Waals surface area contributed by atoms with Crippen LogP contribution >= 0.6 is 0 Å². The van der Waals surface area contributed by atoms with Crippen LogP contribution < -0.4 is 0 Å². The maximum Gasteiger partial charge on any atom is 0.115 e. The van der Waals surface area contributed by atoms with E-state index in [1.165, 1.54) is 29.5 Å². The fourth-order valence-corrected chi connectivity index (χ4v) is 6.02. The van der Waals surface area contributed by atoms with Crippen LogP contribution in [-0.4, -0.2) is 16.3 Å². The molecule has 2 heteroatoms. The predicted octanol–water partition coefficient (Wildman–Crippen LogP) is 4.80. The number of phenols is 1. The Morgan fingerprint density at radius 3 is 2.79 bits per heavy atom. The van der Waals surface area contributed by atoms with Gasteiger partial charge >= 0.3 is 0 Å². The molecule has 24 heavy (non-hydrogen) atoms. The molecule has 1 aromatic carbocycles. The third kappa shape index (κ3) is 2.34. The first-order valence-corrected chi connectivity index (χ1v) is 9.60. The summed E-state index contributed by atoms with van der Waals surface area (Å²) >= 11 is 0. The van der Waals surface area contributed by atoms with Gasteiger partial charge in [0, 0.05) is 5.41 Å². The van der Waals surface area contributed by atoms with Gasteiger partial charge in [-0.25, -0.2) is 0 Å². The molecule has 3 aliphatic carbocycles. The highest BCUT2D eigenvalue weighted by Crippen LogP contribution is 2.62. The summed E-state index contributed by atoms with van der Waals surface area (Å²) in [5.41, 5.74) is 4.14. The number of aliphatic hydroxyl groups is 1. The molecule has 3 aliphatic rings. The summed E-state index contributed by atoms with van der Waals surface area (Å²) < 4.78 is 0. The van der Waals surface area contributed by atoms with Crippen LogP contribution in [0.1, 0.15) is 63.5 Å². The number of hydrogen-bond donors (Lipinski definition) is 2. The molecule has 2 nitrogen and oxygen atoms in total. The second kappa shape index (κ2) is 5.62. The summed E-state index contributed by atoms with van der Waals surface area (Å²) in [4.78, 5) is 0. The van der Waals surface area contributed by atoms with Gasteiger partial charge in [-0.1, -0.05) is 32.9 Å². The first-order chi connectivity index (χ1) is 11.4. The zero-order chi connectivity index (χ0) is 17.1. The number of rotatable bonds is 1. The van der Waals surface area contributed by atoms with Crippen molar-refractivity contribution in [1.29, 1.82) is 0 Å². The summed E-state index contributed by atoms with van der Waals surface area (Å²) in [6, 6.07) is 5.97. The molecular weight excluding hydrogens is 296 g/mol. The summed E-state index contributed by atoms with van der Waals surface area (Å²) in [5, 5.41) is 20.8. The lowest BCUT2D eigenvalue weighted by atomic mass is 9.55. The van der Waals surface area contributed by atoms with Crippen LogP contribution in [0.15, 0.2) is 29.8 Å². The van der Waals surface area contributed by atoms with Gasteiger partial charge in [-0.15, -0.1) is 0 Å². The number of fused-ring (bicyclic) bond motifs is 5. The monoisotopic (exact) mass is 326 g/mol. The lowest BCUT2D eigenvalue weighted by molar-refractivity contribution is -0.0161. The molecular formula is C22H30O2. The number of phenolic OH excluding ortho intramolecular Hbond substituents is 1. The first-order valence-electron chi connectivity index (χ1n) is 9.60. The maximum atomic E-state index is 11.0. The smallest absolute Gasteiger partial charge is 0.115 e. The minimum atomic E-state index is -0.257. The molecule has 0 spiro atoms. The molecule has 2 N–H and O–H groups in total. The van der Waals surface area contributed by atoms with Crippen molar-refractivity contribution in [3.05, 3.63) is 41.0 Å². The molecule has 130 valence electrons. The molecule has 0 aromatic heterocycles. The lowest BCUT2D eigenvalue weighted by Crippen LogP contribution is -2.44. The third-order valence-electron chi connectivity index (χ3n) is 7.13. The van der Waals surface area contributed by atoms with Crippen LogP contribution in [0, 0.1) is 23.2 Å². The van der Waals surface area contributed by atoms with E-state index in [0.717, 1.165) is 19.3 Å². The van der Waals surface area contributed by atoms with E-state index in [-0.39, 0.29) is 11.5 Å². The summed E-state index contributed by atoms with van der Waals surface area (Å²) in [6.07, 6.45) is 7.66. The highest BCUT2D eigenvalue weighted by molar-refractivity contribution is 5.40. The lowest BCUT2D eigenvalue weighted by Gasteiger charge is -2.49. The largest absolute Gasteiger partial charge is 0.508 e. The number of aryl methyl sites for hydroxylation is 1. The fourth-order valence-electron chi connectivity index (χ4n) is 6.02. The number of aromatic hydroxyl groups is 1. The van der Waals surface area contributed by atoms with Gasteiger partial charge in [-0.2, -0.15) is 0 Å². The van der Waals surface area contributed by atoms with Gasteiger partial charge < -0.3 is 10.2 Å². The van der Waals surface area contributed by atoms with Gasteiger partial charge in [0.1, 0.15) is 5.75 Å². The van der Waals surface area contributed by atoms with Crippen LogP contribution in [0.4, 0.5) is 0 Å². The standard InChI is InChI=1S/C22H30O2/c1-13(2)10-15-12-20-19-6-4-14-11-16(23)5-7-17(14)18(19)8-9-22(20,3)21(15)24/h5,7,10-11,13,18-21,23-24H,4,6,8-9,12H2,1-3H3/t18-,19-,20+,21-,22+/m1/s1. The van der Waals surface area contributed by atoms with E-state index >= 15 is 0 Å². The van der Waals surface area contributed by atoms with Gasteiger partial charge in [0.2, 0.25) is 0 Å². The Bertz CT molecular complexity index is 675. The molecule has 5 atom stereocenters. The van der Waals surface area contributed by atoms with Gasteiger partial charge in [0.15, 0.2) is 0 Å². The second-order valence-corrected chi connectivity index (χ2v) is 8.94. The van der Waals surface area contributed by atoms with Crippen LogP contribution in [-0.2, 0) is 6.42 Å². The van der Waals surface area contributed by atoms with Crippen molar-refractivity contribution in [3.8, 4) is 5.75 Å². The van der Waals surface area contributed by atoms with Crippen molar-refractivity contribution in [2.24, 2.45) is 23.2 Å². The average Bonchev–Trinajstić information content (AvgIpc) is 2.78. The second-order valence-electron chi connectivity index (χ2n) is 8.94. The molecule has 0 radical (unpaired) electrons. The number of aliphatic hydroxyl groups excluding tert-OH is 1. The predicted molar refractivity (Wildman–Crippen MR) is 97.0 cm³/mol. The van der Waals surface area contributed by atoms with Crippen LogP contribution in [0.5, 0.6) is 5.75 Å². The van der Waals surface area contributed by atoms with E-state index in [9.17, 15) is 10.2 Å². The van der Waals surface area contributed by atoms with Crippen molar-refractivity contribution < 1.29 is 10.2 Å². The van der Waals surface area contributed by atoms with Crippen LogP contribution in [0.25, 0.3) is 0 Å². The van der Waals surface area contributed by atoms with E-state index in [1.807, 2.05) is 12.1 Å². The molecule has 2 saturated carbocycles. The average molecular weight is 326 g/mol. The Kier molecular flexibility index (Phi) is 3.80. The third-order valence-corrected chi connectivity index (χ3v) is 7.13. The summed E-state index contributed by atoms with van der Waals surface area (Å²) in [7, 11) is 0. The molecule has 0 unspecified atom stereocenters. The van der Waals surface area contributed by atoms with E-state index in [0.29, 0.717) is 29.4 Å². The number of allylic oxidation sites excluding steroid dienone is 1. The van der Waals surface area contributed by atoms with Crippen molar-refractivity contribution in [1.82, 2.24) is 0 Å². The van der Waals surface area contributed by atoms with E-state index in [4.69, 9.17) is 0 Å². The summed E-state index contributed by atoms with van der Waals surface area (Å²) in [5.74, 6) is 2.78. The Labute approximate surface area is 145 Å². The minimum absolute atomic E-state index is 0.0519. The van der Waals surface area contributed by atoms with Crippen molar-refractivity contribution in [2.45, 2.75) is 64.9 Å². The highest BCUT2D eigenvalue weighted by atomic mass is 16.3. The Morgan fingerprint density at radius 1 is 1.25 bits per heavy atom. The molecule has 2 fully saturated rings. The summed E-state index contributed by atoms with van der Waals surface area (Å²) in [6.45, 7) is 6.73.